The summed E-state index contributed by atoms with van der Waals surface area (Å²) < 4.78 is 104. The first-order valence-electron chi connectivity index (χ1n) is 29.0. The van der Waals surface area contributed by atoms with Gasteiger partial charge in [0.2, 0.25) is 31.2 Å². The number of rotatable bonds is 54. The Balaban J connectivity index is -0.000000463. The summed E-state index contributed by atoms with van der Waals surface area (Å²) in [5.41, 5.74) is 0. The maximum Gasteiger partial charge on any atom is 3.00 e. The molecule has 0 aromatic rings. The zero-order valence-electron chi connectivity index (χ0n) is 45.5. The van der Waals surface area contributed by atoms with E-state index in [0.717, 1.165) is 38.5 Å². The Morgan fingerprint density at radius 3 is 0.414 bits per heavy atom. The number of hydrogen-bond acceptors (Lipinski definition) is 12. The van der Waals surface area contributed by atoms with Gasteiger partial charge in [0.25, 0.3) is 0 Å². The van der Waals surface area contributed by atoms with Gasteiger partial charge in [0, 0.05) is 0 Å². The summed E-state index contributed by atoms with van der Waals surface area (Å²) in [6.07, 6.45) is 60.9. The predicted octanol–water partition coefficient (Wildman–Crippen LogP) is 17.2. The summed E-state index contributed by atoms with van der Waals surface area (Å²) in [5, 5.41) is 0. The van der Waals surface area contributed by atoms with Gasteiger partial charge >= 0.3 is 17.1 Å². The van der Waals surface area contributed by atoms with E-state index < -0.39 is 31.2 Å². The van der Waals surface area contributed by atoms with Crippen molar-refractivity contribution in [2.24, 2.45) is 0 Å². The molecule has 0 fully saturated rings. The van der Waals surface area contributed by atoms with Crippen molar-refractivity contribution in [3.63, 3.8) is 0 Å². The van der Waals surface area contributed by atoms with Crippen molar-refractivity contribution in [2.75, 3.05) is 19.8 Å². The van der Waals surface area contributed by atoms with Gasteiger partial charge in [0.1, 0.15) is 0 Å². The van der Waals surface area contributed by atoms with Gasteiger partial charge < -0.3 is 13.7 Å². The Kier molecular flexibility index (Phi) is 67.5. The molecule has 12 nitrogen and oxygen atoms in total. The summed E-state index contributed by atoms with van der Waals surface area (Å²) in [6.45, 7) is 6.88. The summed E-state index contributed by atoms with van der Waals surface area (Å²) in [6, 6.07) is 0. The maximum atomic E-state index is 10.2. The third-order valence-electron chi connectivity index (χ3n) is 12.7. The summed E-state index contributed by atoms with van der Waals surface area (Å²) >= 11 is 0. The SMILES string of the molecule is CCCCCCCCCCCCCCCCCCOS(=O)(=O)[O-].CCCCCCCCCCCCCCCCCCOS(=O)(=O)[O-].CCCCCCCCCCCCCCCCCCOS(=O)(=O)[O-].[Fe+3]. The Morgan fingerprint density at radius 1 is 0.214 bits per heavy atom. The second-order valence-electron chi connectivity index (χ2n) is 19.6. The Bertz CT molecular complexity index is 1150. The Morgan fingerprint density at radius 2 is 0.314 bits per heavy atom. The molecule has 0 aliphatic rings. The van der Waals surface area contributed by atoms with Crippen molar-refractivity contribution in [1.29, 1.82) is 0 Å². The van der Waals surface area contributed by atoms with Crippen molar-refractivity contribution in [3.8, 4) is 0 Å². The Labute approximate surface area is 446 Å². The zero-order chi connectivity index (χ0) is 51.7. The fourth-order valence-electron chi connectivity index (χ4n) is 8.43. The van der Waals surface area contributed by atoms with Gasteiger partial charge in [-0.1, -0.05) is 310 Å². The van der Waals surface area contributed by atoms with Gasteiger partial charge in [-0.05, 0) is 19.3 Å². The van der Waals surface area contributed by atoms with Gasteiger partial charge in [0.05, 0.1) is 19.8 Å². The molecule has 0 atom stereocenters. The van der Waals surface area contributed by atoms with E-state index in [0.29, 0.717) is 19.3 Å². The normalized spacial score (nSPS) is 11.7. The average Bonchev–Trinajstić information content (AvgIpc) is 3.29. The summed E-state index contributed by atoms with van der Waals surface area (Å²) in [7, 11) is -13.5. The van der Waals surface area contributed by atoms with Crippen LogP contribution in [0, 0.1) is 0 Å². The molecule has 0 unspecified atom stereocenters. The topological polar surface area (TPSA) is 199 Å². The van der Waals surface area contributed by atoms with Crippen LogP contribution in [-0.2, 0) is 60.8 Å². The van der Waals surface area contributed by atoms with Gasteiger partial charge in [-0.2, -0.15) is 0 Å². The number of hydrogen-bond donors (Lipinski definition) is 0. The molecule has 0 spiro atoms. The molecule has 0 heterocycles. The van der Waals surface area contributed by atoms with Gasteiger partial charge in [0.15, 0.2) is 0 Å². The van der Waals surface area contributed by atoms with Crippen molar-refractivity contribution in [3.05, 3.63) is 0 Å². The first-order chi connectivity index (χ1) is 33.2. The molecule has 0 saturated heterocycles. The van der Waals surface area contributed by atoms with E-state index >= 15 is 0 Å². The third-order valence-corrected chi connectivity index (χ3v) is 14.0. The van der Waals surface area contributed by atoms with Crippen LogP contribution in [0.5, 0.6) is 0 Å². The standard InChI is InChI=1S/3C18H38O4S.Fe/c3*1-2-3-4-5-6-7-8-9-10-11-12-13-14-15-16-17-18-22-23(19,20)21;/h3*2-18H2,1H3,(H,19,20,21);/q;;;+3/p-3. The molecule has 425 valence electrons. The molecule has 0 aliphatic carbocycles. The van der Waals surface area contributed by atoms with Crippen LogP contribution in [0.3, 0.4) is 0 Å². The van der Waals surface area contributed by atoms with Gasteiger partial charge in [-0.15, -0.1) is 0 Å². The van der Waals surface area contributed by atoms with Crippen LogP contribution in [0.25, 0.3) is 0 Å². The molecule has 70 heavy (non-hydrogen) atoms. The second kappa shape index (κ2) is 61.7. The van der Waals surface area contributed by atoms with E-state index in [4.69, 9.17) is 0 Å². The van der Waals surface area contributed by atoms with Crippen molar-refractivity contribution >= 4 is 31.2 Å². The minimum absolute atomic E-state index is 0. The van der Waals surface area contributed by atoms with Gasteiger partial charge in [-0.25, -0.2) is 25.3 Å². The minimum Gasteiger partial charge on any atom is -0.726 e. The van der Waals surface area contributed by atoms with E-state index in [2.05, 4.69) is 33.3 Å². The van der Waals surface area contributed by atoms with E-state index in [1.54, 1.807) is 0 Å². The average molecular weight is 1100 g/mol. The molecule has 0 bridgehead atoms. The molecular weight excluding hydrogens is 993 g/mol. The molecule has 0 saturated carbocycles. The molecule has 1 radical (unpaired) electrons. The molecular formula is C54H111FeO12S3. The molecule has 0 aromatic heterocycles. The van der Waals surface area contributed by atoms with Crippen molar-refractivity contribution in [2.45, 2.75) is 329 Å². The monoisotopic (exact) mass is 1100 g/mol. The van der Waals surface area contributed by atoms with Crippen LogP contribution >= 0.6 is 0 Å². The fraction of sp³-hybridized carbons (Fsp3) is 1.00. The molecule has 0 amide bonds. The number of unbranched alkanes of at least 4 members (excludes halogenated alkanes) is 45. The molecule has 0 N–H and O–H groups in total. The van der Waals surface area contributed by atoms with Crippen LogP contribution in [0.2, 0.25) is 0 Å². The fourth-order valence-corrected chi connectivity index (χ4v) is 9.40. The van der Waals surface area contributed by atoms with Gasteiger partial charge in [-0.3, -0.25) is 12.5 Å². The van der Waals surface area contributed by atoms with E-state index in [1.165, 1.54) is 250 Å². The largest absolute Gasteiger partial charge is 3.00 e. The molecule has 0 aliphatic heterocycles. The third kappa shape index (κ3) is 84.9. The second-order valence-corrected chi connectivity index (χ2v) is 22.8. The first-order valence-corrected chi connectivity index (χ1v) is 33.0. The minimum atomic E-state index is -4.49. The molecule has 0 rings (SSSR count). The quantitative estimate of drug-likeness (QED) is 0.0242. The van der Waals surface area contributed by atoms with E-state index in [9.17, 15) is 38.9 Å². The van der Waals surface area contributed by atoms with E-state index in [1.807, 2.05) is 0 Å². The first kappa shape index (κ1) is 76.6. The van der Waals surface area contributed by atoms with Crippen LogP contribution in [0.4, 0.5) is 0 Å². The van der Waals surface area contributed by atoms with Crippen LogP contribution in [0.1, 0.15) is 329 Å². The Hall–Kier alpha value is 0.129. The maximum absolute atomic E-state index is 10.2. The van der Waals surface area contributed by atoms with Crippen LogP contribution in [0.15, 0.2) is 0 Å². The summed E-state index contributed by atoms with van der Waals surface area (Å²) in [5.74, 6) is 0. The zero-order valence-corrected chi connectivity index (χ0v) is 49.1. The van der Waals surface area contributed by atoms with Crippen molar-refractivity contribution < 1.29 is 68.5 Å². The van der Waals surface area contributed by atoms with Crippen molar-refractivity contribution in [1.82, 2.24) is 0 Å². The predicted molar refractivity (Wildman–Crippen MR) is 286 cm³/mol. The van der Waals surface area contributed by atoms with Crippen LogP contribution < -0.4 is 0 Å². The smallest absolute Gasteiger partial charge is 0.726 e. The molecule has 16 heteroatoms. The summed E-state index contributed by atoms with van der Waals surface area (Å²) in [4.78, 5) is 0. The van der Waals surface area contributed by atoms with Crippen LogP contribution in [-0.4, -0.2) is 58.7 Å². The van der Waals surface area contributed by atoms with E-state index in [-0.39, 0.29) is 36.9 Å². The molecule has 0 aromatic carbocycles.